The topological polar surface area (TPSA) is 46.3 Å². The minimum atomic E-state index is -0.175. The summed E-state index contributed by atoms with van der Waals surface area (Å²) in [7, 11) is 0. The molecule has 0 radical (unpaired) electrons. The molecule has 3 unspecified atom stereocenters. The molecule has 3 atom stereocenters. The van der Waals surface area contributed by atoms with Gasteiger partial charge in [0.15, 0.2) is 0 Å². The van der Waals surface area contributed by atoms with Crippen molar-refractivity contribution in [3.8, 4) is 0 Å². The van der Waals surface area contributed by atoms with Crippen molar-refractivity contribution in [1.29, 1.82) is 0 Å². The van der Waals surface area contributed by atoms with Crippen LogP contribution in [0.1, 0.15) is 43.7 Å². The van der Waals surface area contributed by atoms with Crippen LogP contribution in [0, 0.1) is 11.8 Å². The summed E-state index contributed by atoms with van der Waals surface area (Å²) in [6, 6.07) is 9.76. The zero-order valence-electron chi connectivity index (χ0n) is 12.0. The van der Waals surface area contributed by atoms with Crippen LogP contribution in [-0.2, 0) is 4.79 Å². The Kier molecular flexibility index (Phi) is 4.06. The largest absolute Gasteiger partial charge is 0.342 e. The highest BCUT2D eigenvalue weighted by molar-refractivity contribution is 5.77. The van der Waals surface area contributed by atoms with Gasteiger partial charge in [-0.1, -0.05) is 43.2 Å². The first-order valence-corrected chi connectivity index (χ1v) is 7.82. The number of carbonyl (C=O) groups excluding carboxylic acids is 1. The SMILES string of the molecule is NC(CC(=O)N1CC2CCCCC2C1)c1ccccc1. The maximum atomic E-state index is 12.4. The molecule has 2 N–H and O–H groups in total. The van der Waals surface area contributed by atoms with Crippen LogP contribution >= 0.6 is 0 Å². The third-order valence-corrected chi connectivity index (χ3v) is 4.95. The van der Waals surface area contributed by atoms with E-state index in [0.717, 1.165) is 30.5 Å². The summed E-state index contributed by atoms with van der Waals surface area (Å²) in [6.45, 7) is 1.93. The Bertz CT molecular complexity index is 445. The van der Waals surface area contributed by atoms with E-state index in [0.29, 0.717) is 6.42 Å². The van der Waals surface area contributed by atoms with Gasteiger partial charge in [0.05, 0.1) is 0 Å². The lowest BCUT2D eigenvalue weighted by Crippen LogP contribution is -2.31. The number of carbonyl (C=O) groups is 1. The molecule has 3 nitrogen and oxygen atoms in total. The predicted octanol–water partition coefficient (Wildman–Crippen LogP) is 2.73. The fourth-order valence-corrected chi connectivity index (χ4v) is 3.74. The second-order valence-corrected chi connectivity index (χ2v) is 6.32. The van der Waals surface area contributed by atoms with Gasteiger partial charge in [-0.2, -0.15) is 0 Å². The molecule has 1 aliphatic heterocycles. The molecule has 20 heavy (non-hydrogen) atoms. The van der Waals surface area contributed by atoms with Crippen molar-refractivity contribution in [1.82, 2.24) is 4.90 Å². The van der Waals surface area contributed by atoms with Crippen molar-refractivity contribution in [2.45, 2.75) is 38.1 Å². The number of hydrogen-bond donors (Lipinski definition) is 1. The van der Waals surface area contributed by atoms with Crippen molar-refractivity contribution in [2.24, 2.45) is 17.6 Å². The smallest absolute Gasteiger partial charge is 0.224 e. The van der Waals surface area contributed by atoms with E-state index in [-0.39, 0.29) is 11.9 Å². The Morgan fingerprint density at radius 3 is 2.35 bits per heavy atom. The summed E-state index contributed by atoms with van der Waals surface area (Å²) in [4.78, 5) is 14.5. The lowest BCUT2D eigenvalue weighted by molar-refractivity contribution is -0.130. The molecule has 1 aliphatic carbocycles. The van der Waals surface area contributed by atoms with Gasteiger partial charge in [-0.3, -0.25) is 4.79 Å². The standard InChI is InChI=1S/C17H24N2O/c18-16(13-6-2-1-3-7-13)10-17(20)19-11-14-8-4-5-9-15(14)12-19/h1-3,6-7,14-16H,4-5,8-12,18H2. The van der Waals surface area contributed by atoms with E-state index in [4.69, 9.17) is 5.73 Å². The molecule has 0 bridgehead atoms. The van der Waals surface area contributed by atoms with Gasteiger partial charge in [0.25, 0.3) is 0 Å². The van der Waals surface area contributed by atoms with Crippen LogP contribution in [0.25, 0.3) is 0 Å². The number of fused-ring (bicyclic) bond motifs is 1. The van der Waals surface area contributed by atoms with Gasteiger partial charge in [0.1, 0.15) is 0 Å². The number of nitrogens with zero attached hydrogens (tertiary/aromatic N) is 1. The number of rotatable bonds is 3. The second-order valence-electron chi connectivity index (χ2n) is 6.32. The zero-order valence-corrected chi connectivity index (χ0v) is 12.0. The van der Waals surface area contributed by atoms with Crippen LogP contribution < -0.4 is 5.73 Å². The molecule has 0 spiro atoms. The predicted molar refractivity (Wildman–Crippen MR) is 80.0 cm³/mol. The van der Waals surface area contributed by atoms with Crippen molar-refractivity contribution in [3.05, 3.63) is 35.9 Å². The summed E-state index contributed by atoms with van der Waals surface area (Å²) < 4.78 is 0. The van der Waals surface area contributed by atoms with Gasteiger partial charge in [-0.15, -0.1) is 0 Å². The summed E-state index contributed by atoms with van der Waals surface area (Å²) in [5, 5.41) is 0. The first-order valence-electron chi connectivity index (χ1n) is 7.82. The first-order chi connectivity index (χ1) is 9.74. The maximum Gasteiger partial charge on any atom is 0.224 e. The van der Waals surface area contributed by atoms with E-state index in [1.54, 1.807) is 0 Å². The van der Waals surface area contributed by atoms with Gasteiger partial charge in [-0.05, 0) is 30.2 Å². The third kappa shape index (κ3) is 2.88. The molecule has 2 aliphatic rings. The first kappa shape index (κ1) is 13.6. The maximum absolute atomic E-state index is 12.4. The van der Waals surface area contributed by atoms with Crippen LogP contribution in [0.15, 0.2) is 30.3 Å². The number of nitrogens with two attached hydrogens (primary N) is 1. The van der Waals surface area contributed by atoms with Gasteiger partial charge >= 0.3 is 0 Å². The molecular weight excluding hydrogens is 248 g/mol. The molecule has 108 valence electrons. The number of likely N-dealkylation sites (tertiary alicyclic amines) is 1. The van der Waals surface area contributed by atoms with Gasteiger partial charge < -0.3 is 10.6 Å². The number of amides is 1. The summed E-state index contributed by atoms with van der Waals surface area (Å²) in [5.41, 5.74) is 7.22. The normalized spacial score (nSPS) is 27.1. The van der Waals surface area contributed by atoms with Crippen molar-refractivity contribution >= 4 is 5.91 Å². The Hall–Kier alpha value is -1.35. The third-order valence-electron chi connectivity index (χ3n) is 4.95. The molecule has 0 aromatic heterocycles. The molecule has 2 fully saturated rings. The molecule has 3 heteroatoms. The number of hydrogen-bond acceptors (Lipinski definition) is 2. The van der Waals surface area contributed by atoms with Crippen LogP contribution in [0.2, 0.25) is 0 Å². The Morgan fingerprint density at radius 1 is 1.15 bits per heavy atom. The molecule has 1 saturated carbocycles. The second kappa shape index (κ2) is 5.96. The average Bonchev–Trinajstić information content (AvgIpc) is 2.92. The quantitative estimate of drug-likeness (QED) is 0.919. The Labute approximate surface area is 121 Å². The number of benzene rings is 1. The van der Waals surface area contributed by atoms with Crippen molar-refractivity contribution < 1.29 is 4.79 Å². The fraction of sp³-hybridized carbons (Fsp3) is 0.588. The lowest BCUT2D eigenvalue weighted by atomic mass is 9.82. The van der Waals surface area contributed by atoms with Crippen molar-refractivity contribution in [2.75, 3.05) is 13.1 Å². The van der Waals surface area contributed by atoms with Crippen LogP contribution in [0.3, 0.4) is 0 Å². The van der Waals surface area contributed by atoms with E-state index in [1.807, 2.05) is 30.3 Å². The van der Waals surface area contributed by atoms with Crippen LogP contribution in [0.4, 0.5) is 0 Å². The summed E-state index contributed by atoms with van der Waals surface area (Å²) >= 11 is 0. The van der Waals surface area contributed by atoms with Gasteiger partial charge in [0.2, 0.25) is 5.91 Å². The highest BCUT2D eigenvalue weighted by atomic mass is 16.2. The average molecular weight is 272 g/mol. The molecule has 1 heterocycles. The van der Waals surface area contributed by atoms with E-state index in [1.165, 1.54) is 25.7 Å². The Morgan fingerprint density at radius 2 is 1.75 bits per heavy atom. The monoisotopic (exact) mass is 272 g/mol. The summed E-state index contributed by atoms with van der Waals surface area (Å²) in [5.74, 6) is 1.73. The highest BCUT2D eigenvalue weighted by Gasteiger charge is 2.36. The van der Waals surface area contributed by atoms with E-state index >= 15 is 0 Å². The minimum absolute atomic E-state index is 0.175. The fourth-order valence-electron chi connectivity index (χ4n) is 3.74. The summed E-state index contributed by atoms with van der Waals surface area (Å²) in [6.07, 6.45) is 5.72. The van der Waals surface area contributed by atoms with E-state index in [2.05, 4.69) is 4.90 Å². The molecular formula is C17H24N2O. The highest BCUT2D eigenvalue weighted by Crippen LogP contribution is 2.36. The van der Waals surface area contributed by atoms with E-state index < -0.39 is 0 Å². The molecule has 1 saturated heterocycles. The molecule has 1 aromatic rings. The van der Waals surface area contributed by atoms with Crippen LogP contribution in [-0.4, -0.2) is 23.9 Å². The lowest BCUT2D eigenvalue weighted by Gasteiger charge is -2.22. The van der Waals surface area contributed by atoms with Gasteiger partial charge in [0, 0.05) is 25.6 Å². The van der Waals surface area contributed by atoms with Crippen LogP contribution in [0.5, 0.6) is 0 Å². The van der Waals surface area contributed by atoms with Crippen molar-refractivity contribution in [3.63, 3.8) is 0 Å². The zero-order chi connectivity index (χ0) is 13.9. The molecule has 3 rings (SSSR count). The van der Waals surface area contributed by atoms with E-state index in [9.17, 15) is 4.79 Å². The minimum Gasteiger partial charge on any atom is -0.342 e. The van der Waals surface area contributed by atoms with Gasteiger partial charge in [-0.25, -0.2) is 0 Å². The Balaban J connectivity index is 1.57. The molecule has 1 amide bonds. The molecule has 1 aromatic carbocycles.